The molecule has 2 aromatic heterocycles. The van der Waals surface area contributed by atoms with Gasteiger partial charge in [-0.25, -0.2) is 0 Å². The minimum Gasteiger partial charge on any atom is -0.488 e. The minimum absolute atomic E-state index is 0.678. The lowest BCUT2D eigenvalue weighted by Gasteiger charge is -2.07. The van der Waals surface area contributed by atoms with Gasteiger partial charge in [-0.1, -0.05) is 6.07 Å². The summed E-state index contributed by atoms with van der Waals surface area (Å²) in [6.45, 7) is 6.54. The fraction of sp³-hybridized carbons (Fsp3) is 0.500. The number of ether oxygens (including phenoxy) is 1. The molecule has 0 aliphatic rings. The third kappa shape index (κ3) is 3.81. The van der Waals surface area contributed by atoms with Crippen molar-refractivity contribution < 1.29 is 4.74 Å². The van der Waals surface area contributed by atoms with Crippen molar-refractivity contribution in [2.75, 3.05) is 19.7 Å². The van der Waals surface area contributed by atoms with Gasteiger partial charge in [0.15, 0.2) is 5.75 Å². The standard InChI is InChI=1S/C14H21N3OS/c1-11-14(12(2)17(3)16-11)18-9-8-15-7-6-13-5-4-10-19-13/h4-5,10,15H,6-9H2,1-3H3. The Morgan fingerprint density at radius 1 is 1.37 bits per heavy atom. The molecule has 0 aliphatic heterocycles. The van der Waals surface area contributed by atoms with Crippen LogP contribution in [0.25, 0.3) is 0 Å². The van der Waals surface area contributed by atoms with E-state index in [1.807, 2.05) is 36.9 Å². The van der Waals surface area contributed by atoms with E-state index < -0.39 is 0 Å². The van der Waals surface area contributed by atoms with E-state index in [4.69, 9.17) is 4.74 Å². The monoisotopic (exact) mass is 279 g/mol. The number of rotatable bonds is 7. The smallest absolute Gasteiger partial charge is 0.163 e. The zero-order chi connectivity index (χ0) is 13.7. The molecular weight excluding hydrogens is 258 g/mol. The van der Waals surface area contributed by atoms with Crippen LogP contribution in [-0.2, 0) is 13.5 Å². The summed E-state index contributed by atoms with van der Waals surface area (Å²) in [7, 11) is 1.94. The van der Waals surface area contributed by atoms with Gasteiger partial charge in [-0.15, -0.1) is 11.3 Å². The summed E-state index contributed by atoms with van der Waals surface area (Å²) in [5.74, 6) is 0.919. The van der Waals surface area contributed by atoms with E-state index in [1.165, 1.54) is 4.88 Å². The quantitative estimate of drug-likeness (QED) is 0.791. The Labute approximate surface area is 118 Å². The second-order valence-corrected chi connectivity index (χ2v) is 5.58. The van der Waals surface area contributed by atoms with Crippen LogP contribution in [-0.4, -0.2) is 29.5 Å². The van der Waals surface area contributed by atoms with Gasteiger partial charge in [0.25, 0.3) is 0 Å². The summed E-state index contributed by atoms with van der Waals surface area (Å²) >= 11 is 1.81. The SMILES string of the molecule is Cc1nn(C)c(C)c1OCCNCCc1cccs1. The Hall–Kier alpha value is -1.33. The van der Waals surface area contributed by atoms with Gasteiger partial charge >= 0.3 is 0 Å². The highest BCUT2D eigenvalue weighted by Crippen LogP contribution is 2.20. The molecule has 2 heterocycles. The highest BCUT2D eigenvalue weighted by atomic mass is 32.1. The predicted molar refractivity (Wildman–Crippen MR) is 79.1 cm³/mol. The number of hydrogen-bond acceptors (Lipinski definition) is 4. The van der Waals surface area contributed by atoms with E-state index in [2.05, 4.69) is 27.9 Å². The molecular formula is C14H21N3OS. The summed E-state index contributed by atoms with van der Waals surface area (Å²) in [5.41, 5.74) is 2.04. The van der Waals surface area contributed by atoms with Crippen LogP contribution >= 0.6 is 11.3 Å². The van der Waals surface area contributed by atoms with Gasteiger partial charge in [0.05, 0.1) is 5.69 Å². The predicted octanol–water partition coefficient (Wildman–Crippen LogP) is 2.31. The average Bonchev–Trinajstić information content (AvgIpc) is 2.97. The molecule has 0 atom stereocenters. The number of nitrogens with one attached hydrogen (secondary N) is 1. The van der Waals surface area contributed by atoms with Crippen molar-refractivity contribution in [1.82, 2.24) is 15.1 Å². The number of aromatic nitrogens is 2. The van der Waals surface area contributed by atoms with Crippen LogP contribution in [0.2, 0.25) is 0 Å². The van der Waals surface area contributed by atoms with Gasteiger partial charge in [0, 0.05) is 25.0 Å². The van der Waals surface area contributed by atoms with Crippen LogP contribution in [0, 0.1) is 13.8 Å². The largest absolute Gasteiger partial charge is 0.488 e. The maximum Gasteiger partial charge on any atom is 0.163 e. The molecule has 0 aromatic carbocycles. The molecule has 0 radical (unpaired) electrons. The fourth-order valence-electron chi connectivity index (χ4n) is 1.98. The first kappa shape index (κ1) is 14.1. The van der Waals surface area contributed by atoms with E-state index in [-0.39, 0.29) is 0 Å². The molecule has 0 unspecified atom stereocenters. The minimum atomic E-state index is 0.678. The van der Waals surface area contributed by atoms with Crippen molar-refractivity contribution in [3.05, 3.63) is 33.8 Å². The summed E-state index contributed by atoms with van der Waals surface area (Å²) in [6, 6.07) is 4.27. The topological polar surface area (TPSA) is 39.1 Å². The second kappa shape index (κ2) is 6.73. The van der Waals surface area contributed by atoms with Crippen molar-refractivity contribution in [2.24, 2.45) is 7.05 Å². The van der Waals surface area contributed by atoms with Gasteiger partial charge in [-0.3, -0.25) is 4.68 Å². The van der Waals surface area contributed by atoms with Crippen LogP contribution in [0.4, 0.5) is 0 Å². The third-order valence-electron chi connectivity index (χ3n) is 3.10. The Bertz CT molecular complexity index is 505. The van der Waals surface area contributed by atoms with E-state index in [0.29, 0.717) is 6.61 Å². The molecule has 104 valence electrons. The average molecular weight is 279 g/mol. The van der Waals surface area contributed by atoms with E-state index in [9.17, 15) is 0 Å². The molecule has 4 nitrogen and oxygen atoms in total. The molecule has 2 aromatic rings. The maximum absolute atomic E-state index is 5.78. The van der Waals surface area contributed by atoms with Crippen molar-refractivity contribution in [3.63, 3.8) is 0 Å². The molecule has 5 heteroatoms. The van der Waals surface area contributed by atoms with Crippen LogP contribution in [0.3, 0.4) is 0 Å². The van der Waals surface area contributed by atoms with E-state index in [1.54, 1.807) is 0 Å². The van der Waals surface area contributed by atoms with E-state index in [0.717, 1.165) is 36.6 Å². The molecule has 0 fully saturated rings. The number of aryl methyl sites for hydroxylation is 2. The fourth-order valence-corrected chi connectivity index (χ4v) is 2.69. The zero-order valence-corrected chi connectivity index (χ0v) is 12.6. The van der Waals surface area contributed by atoms with Gasteiger partial charge in [0.2, 0.25) is 0 Å². The molecule has 1 N–H and O–H groups in total. The van der Waals surface area contributed by atoms with Crippen LogP contribution in [0.5, 0.6) is 5.75 Å². The van der Waals surface area contributed by atoms with Crippen molar-refractivity contribution in [3.8, 4) is 5.75 Å². The van der Waals surface area contributed by atoms with Crippen LogP contribution in [0.1, 0.15) is 16.3 Å². The van der Waals surface area contributed by atoms with Crippen molar-refractivity contribution in [2.45, 2.75) is 20.3 Å². The Balaban J connectivity index is 1.64. The molecule has 2 rings (SSSR count). The van der Waals surface area contributed by atoms with E-state index >= 15 is 0 Å². The number of hydrogen-bond donors (Lipinski definition) is 1. The molecule has 0 spiro atoms. The van der Waals surface area contributed by atoms with Gasteiger partial charge in [-0.05, 0) is 31.7 Å². The summed E-state index contributed by atoms with van der Waals surface area (Å²) < 4.78 is 7.64. The highest BCUT2D eigenvalue weighted by molar-refractivity contribution is 7.09. The van der Waals surface area contributed by atoms with Gasteiger partial charge in [0.1, 0.15) is 12.3 Å². The molecule has 19 heavy (non-hydrogen) atoms. The van der Waals surface area contributed by atoms with Crippen LogP contribution in [0.15, 0.2) is 17.5 Å². The Kier molecular flexibility index (Phi) is 4.99. The zero-order valence-electron chi connectivity index (χ0n) is 11.8. The lowest BCUT2D eigenvalue weighted by Crippen LogP contribution is -2.23. The lowest BCUT2D eigenvalue weighted by molar-refractivity contribution is 0.310. The lowest BCUT2D eigenvalue weighted by atomic mass is 10.3. The molecule has 0 aliphatic carbocycles. The molecule has 0 saturated carbocycles. The first-order chi connectivity index (χ1) is 9.18. The summed E-state index contributed by atoms with van der Waals surface area (Å²) in [5, 5.41) is 9.84. The van der Waals surface area contributed by atoms with Crippen LogP contribution < -0.4 is 10.1 Å². The highest BCUT2D eigenvalue weighted by Gasteiger charge is 2.09. The Morgan fingerprint density at radius 3 is 2.84 bits per heavy atom. The summed E-state index contributed by atoms with van der Waals surface area (Å²) in [6.07, 6.45) is 1.09. The van der Waals surface area contributed by atoms with Crippen molar-refractivity contribution in [1.29, 1.82) is 0 Å². The summed E-state index contributed by atoms with van der Waals surface area (Å²) in [4.78, 5) is 1.42. The first-order valence-corrected chi connectivity index (χ1v) is 7.42. The molecule has 0 amide bonds. The normalized spacial score (nSPS) is 10.9. The van der Waals surface area contributed by atoms with Gasteiger partial charge in [-0.2, -0.15) is 5.10 Å². The third-order valence-corrected chi connectivity index (χ3v) is 4.03. The molecule has 0 bridgehead atoms. The number of nitrogens with zero attached hydrogens (tertiary/aromatic N) is 2. The maximum atomic E-state index is 5.78. The van der Waals surface area contributed by atoms with Gasteiger partial charge < -0.3 is 10.1 Å². The van der Waals surface area contributed by atoms with Crippen molar-refractivity contribution >= 4 is 11.3 Å². The number of thiophene rings is 1. The Morgan fingerprint density at radius 2 is 2.21 bits per heavy atom. The molecule has 0 saturated heterocycles. The second-order valence-electron chi connectivity index (χ2n) is 4.55. The first-order valence-electron chi connectivity index (χ1n) is 6.54.